The number of rotatable bonds is 8. The molecule has 0 saturated heterocycles. The van der Waals surface area contributed by atoms with Crippen molar-refractivity contribution in [3.05, 3.63) is 81.2 Å². The fourth-order valence-electron chi connectivity index (χ4n) is 4.64. The smallest absolute Gasteiger partial charge is 0.395 e. The quantitative estimate of drug-likeness (QED) is 0.322. The van der Waals surface area contributed by atoms with Crippen LogP contribution in [0.2, 0.25) is 5.02 Å². The van der Waals surface area contributed by atoms with Gasteiger partial charge >= 0.3 is 12.8 Å². The van der Waals surface area contributed by atoms with E-state index in [0.717, 1.165) is 16.8 Å². The molecule has 42 heavy (non-hydrogen) atoms. The monoisotopic (exact) mass is 613 g/mol. The number of hydrogen-bond acceptors (Lipinski definition) is 5. The van der Waals surface area contributed by atoms with Gasteiger partial charge in [0.25, 0.3) is 5.56 Å². The van der Waals surface area contributed by atoms with Crippen LogP contribution in [0, 0.1) is 5.92 Å². The molecule has 224 valence electrons. The maximum atomic E-state index is 13.8. The molecule has 4 rings (SSSR count). The van der Waals surface area contributed by atoms with Gasteiger partial charge in [-0.05, 0) is 60.9 Å². The Balaban J connectivity index is 1.78. The number of primary amides is 1. The van der Waals surface area contributed by atoms with Gasteiger partial charge < -0.3 is 20.5 Å². The van der Waals surface area contributed by atoms with Crippen molar-refractivity contribution in [3.63, 3.8) is 0 Å². The summed E-state index contributed by atoms with van der Waals surface area (Å²) in [6.07, 6.45) is -5.57. The average molecular weight is 614 g/mol. The number of benzene rings is 2. The topological polar surface area (TPSA) is 113 Å². The van der Waals surface area contributed by atoms with Crippen LogP contribution < -0.4 is 21.3 Å². The van der Waals surface area contributed by atoms with Crippen molar-refractivity contribution in [1.29, 1.82) is 0 Å². The first-order chi connectivity index (χ1) is 19.7. The van der Waals surface area contributed by atoms with E-state index in [2.05, 4.69) is 10.1 Å². The molecule has 0 radical (unpaired) electrons. The van der Waals surface area contributed by atoms with E-state index in [1.54, 1.807) is 0 Å². The van der Waals surface area contributed by atoms with E-state index < -0.39 is 67.7 Å². The fraction of sp³-hybridized carbons (Fsp3) is 0.321. The van der Waals surface area contributed by atoms with Crippen LogP contribution in [0.15, 0.2) is 59.5 Å². The van der Waals surface area contributed by atoms with Crippen LogP contribution in [0.25, 0.3) is 11.1 Å². The van der Waals surface area contributed by atoms with Gasteiger partial charge in [-0.25, -0.2) is 0 Å². The molecule has 3 atom stereocenters. The number of aromatic nitrogens is 1. The van der Waals surface area contributed by atoms with Crippen molar-refractivity contribution in [1.82, 2.24) is 4.57 Å². The lowest BCUT2D eigenvalue weighted by atomic mass is 9.91. The van der Waals surface area contributed by atoms with Gasteiger partial charge in [-0.3, -0.25) is 19.0 Å². The molecule has 0 spiro atoms. The van der Waals surface area contributed by atoms with Gasteiger partial charge in [-0.2, -0.15) is 22.0 Å². The summed E-state index contributed by atoms with van der Waals surface area (Å²) in [5.74, 6) is -3.55. The lowest BCUT2D eigenvalue weighted by Gasteiger charge is -2.28. The van der Waals surface area contributed by atoms with Gasteiger partial charge in [0.2, 0.25) is 11.8 Å². The van der Waals surface area contributed by atoms with Crippen molar-refractivity contribution < 1.29 is 41.0 Å². The Morgan fingerprint density at radius 2 is 1.83 bits per heavy atom. The molecule has 3 N–H and O–H groups in total. The Bertz CT molecular complexity index is 1530. The van der Waals surface area contributed by atoms with Crippen molar-refractivity contribution in [2.45, 2.75) is 44.7 Å². The number of pyridine rings is 1. The molecule has 2 heterocycles. The summed E-state index contributed by atoms with van der Waals surface area (Å²) in [5, 5.41) is 2.76. The Morgan fingerprint density at radius 3 is 2.45 bits per heavy atom. The molecule has 8 nitrogen and oxygen atoms in total. The molecule has 0 bridgehead atoms. The molecule has 1 aliphatic rings. The molecule has 0 fully saturated rings. The minimum atomic E-state index is -4.60. The van der Waals surface area contributed by atoms with E-state index in [9.17, 15) is 36.3 Å². The molecular weight excluding hydrogens is 589 g/mol. The standard InChI is InChI=1S/C28H25ClF5N3O5/c1-14(42-27(30)31)8-22(26(40)36-19-6-3-15(4-7-19)25(35)39)37-12-23-21(11-24(37)38)20-10-18(29)5-2-16(20)9-17(13-41-23)28(32,33)34/h2-7,10-12,14,17,22,27H,8-9,13H2,1H3,(H2,35,39)(H,36,40)/t14-,17-,22+/m1/s1. The van der Waals surface area contributed by atoms with Crippen LogP contribution in [0.5, 0.6) is 5.75 Å². The maximum Gasteiger partial charge on any atom is 0.395 e. The van der Waals surface area contributed by atoms with E-state index in [4.69, 9.17) is 22.1 Å². The first kappa shape index (κ1) is 31.0. The number of hydrogen-bond donors (Lipinski definition) is 2. The number of anilines is 1. The van der Waals surface area contributed by atoms with Crippen molar-refractivity contribution >= 4 is 29.1 Å². The lowest BCUT2D eigenvalue weighted by molar-refractivity contribution is -0.181. The summed E-state index contributed by atoms with van der Waals surface area (Å²) in [6, 6.07) is 9.38. The largest absolute Gasteiger partial charge is 0.491 e. The molecule has 2 aromatic carbocycles. The van der Waals surface area contributed by atoms with E-state index in [-0.39, 0.29) is 38.7 Å². The van der Waals surface area contributed by atoms with Crippen LogP contribution in [-0.2, 0) is 16.0 Å². The SMILES string of the molecule is C[C@H](C[C@@H](C(=O)Nc1ccc(C(N)=O)cc1)n1cc2c(cc1=O)-c1cc(Cl)ccc1C[C@@H](C(F)(F)F)CO2)OC(F)F. The predicted molar refractivity (Wildman–Crippen MR) is 144 cm³/mol. The van der Waals surface area contributed by atoms with E-state index in [1.165, 1.54) is 49.4 Å². The van der Waals surface area contributed by atoms with Crippen LogP contribution in [0.4, 0.5) is 27.6 Å². The van der Waals surface area contributed by atoms with Gasteiger partial charge in [-0.1, -0.05) is 17.7 Å². The van der Waals surface area contributed by atoms with Gasteiger partial charge in [-0.15, -0.1) is 0 Å². The Labute approximate surface area is 241 Å². The first-order valence-electron chi connectivity index (χ1n) is 12.6. The van der Waals surface area contributed by atoms with E-state index >= 15 is 0 Å². The second kappa shape index (κ2) is 12.5. The van der Waals surface area contributed by atoms with Crippen LogP contribution in [0.1, 0.15) is 35.3 Å². The molecule has 3 aromatic rings. The second-order valence-electron chi connectivity index (χ2n) is 9.74. The average Bonchev–Trinajstić information content (AvgIpc) is 2.89. The molecular formula is C28H25ClF5N3O5. The van der Waals surface area contributed by atoms with Gasteiger partial charge in [0, 0.05) is 34.3 Å². The Hall–Kier alpha value is -3.97. The highest BCUT2D eigenvalue weighted by molar-refractivity contribution is 6.30. The third-order valence-corrected chi connectivity index (χ3v) is 6.98. The van der Waals surface area contributed by atoms with Crippen LogP contribution in [0.3, 0.4) is 0 Å². The highest BCUT2D eigenvalue weighted by Crippen LogP contribution is 2.40. The lowest BCUT2D eigenvalue weighted by Crippen LogP contribution is -2.36. The second-order valence-corrected chi connectivity index (χ2v) is 10.2. The van der Waals surface area contributed by atoms with Gasteiger partial charge in [0.1, 0.15) is 18.4 Å². The number of alkyl halides is 5. The molecule has 1 aromatic heterocycles. The summed E-state index contributed by atoms with van der Waals surface area (Å²) in [4.78, 5) is 38.2. The van der Waals surface area contributed by atoms with Crippen LogP contribution >= 0.6 is 11.6 Å². The molecule has 0 unspecified atom stereocenters. The molecule has 14 heteroatoms. The summed E-state index contributed by atoms with van der Waals surface area (Å²) in [6.45, 7) is -2.67. The highest BCUT2D eigenvalue weighted by atomic mass is 35.5. The van der Waals surface area contributed by atoms with Crippen molar-refractivity contribution in [3.8, 4) is 16.9 Å². The minimum Gasteiger partial charge on any atom is -0.491 e. The van der Waals surface area contributed by atoms with E-state index in [1.807, 2.05) is 0 Å². The number of ether oxygens (including phenoxy) is 2. The number of nitrogens with one attached hydrogen (secondary N) is 1. The summed E-state index contributed by atoms with van der Waals surface area (Å²) in [7, 11) is 0. The van der Waals surface area contributed by atoms with Crippen molar-refractivity contribution in [2.24, 2.45) is 11.7 Å². The number of carbonyl (C=O) groups is 2. The van der Waals surface area contributed by atoms with Gasteiger partial charge in [0.15, 0.2) is 0 Å². The highest BCUT2D eigenvalue weighted by Gasteiger charge is 2.41. The molecule has 0 saturated carbocycles. The zero-order chi connectivity index (χ0) is 30.8. The third-order valence-electron chi connectivity index (χ3n) is 6.74. The number of carbonyl (C=O) groups excluding carboxylic acids is 2. The number of nitrogens with zero attached hydrogens (tertiary/aromatic N) is 1. The summed E-state index contributed by atoms with van der Waals surface area (Å²) in [5.41, 5.74) is 5.53. The fourth-order valence-corrected chi connectivity index (χ4v) is 4.81. The minimum absolute atomic E-state index is 0.141. The number of amides is 2. The number of halogens is 6. The predicted octanol–water partition coefficient (Wildman–Crippen LogP) is 5.58. The summed E-state index contributed by atoms with van der Waals surface area (Å²) >= 11 is 6.13. The van der Waals surface area contributed by atoms with Crippen molar-refractivity contribution in [2.75, 3.05) is 11.9 Å². The van der Waals surface area contributed by atoms with E-state index in [0.29, 0.717) is 0 Å². The third kappa shape index (κ3) is 7.26. The molecule has 2 amide bonds. The summed E-state index contributed by atoms with van der Waals surface area (Å²) < 4.78 is 78.2. The number of fused-ring (bicyclic) bond motifs is 3. The maximum absolute atomic E-state index is 13.8. The zero-order valence-corrected chi connectivity index (χ0v) is 22.7. The van der Waals surface area contributed by atoms with Crippen LogP contribution in [-0.4, -0.2) is 41.9 Å². The van der Waals surface area contributed by atoms with Gasteiger partial charge in [0.05, 0.1) is 18.2 Å². The zero-order valence-electron chi connectivity index (χ0n) is 22.0. The Morgan fingerprint density at radius 1 is 1.14 bits per heavy atom. The normalized spacial score (nSPS) is 16.3. The number of nitrogens with two attached hydrogens (primary N) is 1. The first-order valence-corrected chi connectivity index (χ1v) is 13.0. The molecule has 0 aliphatic carbocycles. The Kier molecular flexibility index (Phi) is 9.21. The molecule has 1 aliphatic heterocycles.